The quantitative estimate of drug-likeness (QED) is 0.553. The first kappa shape index (κ1) is 16.4. The highest BCUT2D eigenvalue weighted by molar-refractivity contribution is 7.10. The van der Waals surface area contributed by atoms with Crippen LogP contribution in [-0.2, 0) is 4.79 Å². The fourth-order valence-electron chi connectivity index (χ4n) is 1.98. The highest BCUT2D eigenvalue weighted by atomic mass is 32.1. The van der Waals surface area contributed by atoms with E-state index in [1.54, 1.807) is 18.2 Å². The van der Waals surface area contributed by atoms with Crippen LogP contribution in [0.25, 0.3) is 0 Å². The topological polar surface area (TPSA) is 127 Å². The molecular formula is C14H14N4O4S. The number of non-ortho nitro benzene ring substituents is 1. The molecule has 1 atom stereocenters. The van der Waals surface area contributed by atoms with Crippen molar-refractivity contribution < 1.29 is 14.5 Å². The van der Waals surface area contributed by atoms with Gasteiger partial charge in [0.2, 0.25) is 5.91 Å². The number of nitro benzene ring substituents is 1. The molecule has 2 aromatic rings. The summed E-state index contributed by atoms with van der Waals surface area (Å²) < 4.78 is 0. The fraction of sp³-hybridized carbons (Fsp3) is 0.143. The zero-order valence-corrected chi connectivity index (χ0v) is 12.7. The Morgan fingerprint density at radius 2 is 2.09 bits per heavy atom. The lowest BCUT2D eigenvalue weighted by Gasteiger charge is -2.15. The predicted molar refractivity (Wildman–Crippen MR) is 86.1 cm³/mol. The van der Waals surface area contributed by atoms with E-state index in [0.29, 0.717) is 5.69 Å². The molecule has 0 spiro atoms. The van der Waals surface area contributed by atoms with Crippen molar-refractivity contribution in [2.24, 2.45) is 5.73 Å². The number of rotatable bonds is 6. The van der Waals surface area contributed by atoms with E-state index < -0.39 is 22.9 Å². The molecule has 8 nitrogen and oxygen atoms in total. The number of amides is 3. The van der Waals surface area contributed by atoms with Crippen molar-refractivity contribution in [3.05, 3.63) is 56.8 Å². The molecule has 0 saturated heterocycles. The lowest BCUT2D eigenvalue weighted by Crippen LogP contribution is -2.34. The van der Waals surface area contributed by atoms with Crippen LogP contribution in [0.15, 0.2) is 41.8 Å². The summed E-state index contributed by atoms with van der Waals surface area (Å²) in [6, 6.07) is 7.93. The van der Waals surface area contributed by atoms with Crippen molar-refractivity contribution >= 4 is 34.6 Å². The van der Waals surface area contributed by atoms with Crippen LogP contribution in [0.2, 0.25) is 0 Å². The van der Waals surface area contributed by atoms with Crippen molar-refractivity contribution in [1.29, 1.82) is 0 Å². The number of hydrogen-bond donors (Lipinski definition) is 3. The van der Waals surface area contributed by atoms with E-state index in [2.05, 4.69) is 10.6 Å². The van der Waals surface area contributed by atoms with Gasteiger partial charge in [-0.2, -0.15) is 0 Å². The number of nitrogens with zero attached hydrogens (tertiary/aromatic N) is 1. The van der Waals surface area contributed by atoms with Crippen molar-refractivity contribution in [2.75, 3.05) is 5.32 Å². The second-order valence-corrected chi connectivity index (χ2v) is 5.62. The van der Waals surface area contributed by atoms with Crippen molar-refractivity contribution in [3.8, 4) is 0 Å². The minimum Gasteiger partial charge on any atom is -0.352 e. The van der Waals surface area contributed by atoms with E-state index in [1.807, 2.05) is 5.38 Å². The lowest BCUT2D eigenvalue weighted by molar-refractivity contribution is -0.384. The molecule has 0 bridgehead atoms. The maximum absolute atomic E-state index is 12.1. The molecule has 2 rings (SSSR count). The third kappa shape index (κ3) is 4.78. The van der Waals surface area contributed by atoms with Gasteiger partial charge < -0.3 is 16.4 Å². The van der Waals surface area contributed by atoms with E-state index in [-0.39, 0.29) is 12.1 Å². The number of anilines is 1. The lowest BCUT2D eigenvalue weighted by atomic mass is 10.1. The fourth-order valence-corrected chi connectivity index (χ4v) is 2.76. The van der Waals surface area contributed by atoms with E-state index in [0.717, 1.165) is 4.88 Å². The number of carbonyl (C=O) groups is 2. The molecule has 4 N–H and O–H groups in total. The minimum atomic E-state index is -0.730. The molecule has 9 heteroatoms. The van der Waals surface area contributed by atoms with Crippen LogP contribution in [-0.4, -0.2) is 16.9 Å². The third-order valence-electron chi connectivity index (χ3n) is 2.93. The first-order valence-electron chi connectivity index (χ1n) is 6.59. The number of nitro groups is 1. The molecule has 3 amide bonds. The molecule has 23 heavy (non-hydrogen) atoms. The summed E-state index contributed by atoms with van der Waals surface area (Å²) in [5, 5.41) is 17.6. The Labute approximate surface area is 135 Å². The Balaban J connectivity index is 2.06. The number of urea groups is 1. The molecule has 120 valence electrons. The molecule has 0 aliphatic heterocycles. The number of benzene rings is 1. The highest BCUT2D eigenvalue weighted by Crippen LogP contribution is 2.23. The number of nitrogens with one attached hydrogen (secondary N) is 2. The van der Waals surface area contributed by atoms with Gasteiger partial charge in [0, 0.05) is 22.7 Å². The number of primary amides is 1. The molecule has 0 aliphatic rings. The van der Waals surface area contributed by atoms with Gasteiger partial charge in [-0.3, -0.25) is 14.9 Å². The van der Waals surface area contributed by atoms with E-state index in [4.69, 9.17) is 5.73 Å². The first-order valence-corrected chi connectivity index (χ1v) is 7.47. The molecule has 0 saturated carbocycles. The maximum Gasteiger partial charge on any atom is 0.312 e. The van der Waals surface area contributed by atoms with Gasteiger partial charge in [0.25, 0.3) is 5.69 Å². The Morgan fingerprint density at radius 3 is 2.70 bits per heavy atom. The molecule has 1 aromatic carbocycles. The summed E-state index contributed by atoms with van der Waals surface area (Å²) in [4.78, 5) is 34.2. The Kier molecular flexibility index (Phi) is 5.26. The molecule has 1 aromatic heterocycles. The largest absolute Gasteiger partial charge is 0.352 e. The molecule has 0 aliphatic carbocycles. The van der Waals surface area contributed by atoms with Gasteiger partial charge in [-0.15, -0.1) is 11.3 Å². The smallest absolute Gasteiger partial charge is 0.312 e. The van der Waals surface area contributed by atoms with E-state index in [9.17, 15) is 19.7 Å². The average Bonchev–Trinajstić information content (AvgIpc) is 3.00. The number of thiophene rings is 1. The zero-order chi connectivity index (χ0) is 16.8. The van der Waals surface area contributed by atoms with Gasteiger partial charge in [0.1, 0.15) is 0 Å². The van der Waals surface area contributed by atoms with Crippen molar-refractivity contribution in [2.45, 2.75) is 12.5 Å². The maximum atomic E-state index is 12.1. The molecule has 1 unspecified atom stereocenters. The number of nitrogens with two attached hydrogens (primary N) is 1. The SMILES string of the molecule is NC(=O)NC(CC(=O)Nc1cccc([N+](=O)[O-])c1)c1cccs1. The van der Waals surface area contributed by atoms with Crippen LogP contribution in [0.5, 0.6) is 0 Å². The monoisotopic (exact) mass is 334 g/mol. The van der Waals surface area contributed by atoms with Gasteiger partial charge in [-0.05, 0) is 17.5 Å². The third-order valence-corrected chi connectivity index (χ3v) is 3.92. The second-order valence-electron chi connectivity index (χ2n) is 4.64. The summed E-state index contributed by atoms with van der Waals surface area (Å²) >= 11 is 1.39. The summed E-state index contributed by atoms with van der Waals surface area (Å²) in [5.41, 5.74) is 5.32. The van der Waals surface area contributed by atoms with Gasteiger partial charge in [0.15, 0.2) is 0 Å². The van der Waals surface area contributed by atoms with Crippen molar-refractivity contribution in [3.63, 3.8) is 0 Å². The van der Waals surface area contributed by atoms with Crippen molar-refractivity contribution in [1.82, 2.24) is 5.32 Å². The van der Waals surface area contributed by atoms with Crippen LogP contribution < -0.4 is 16.4 Å². The Morgan fingerprint density at radius 1 is 1.30 bits per heavy atom. The summed E-state index contributed by atoms with van der Waals surface area (Å²) in [6.07, 6.45) is -0.0356. The van der Waals surface area contributed by atoms with Crippen LogP contribution in [0.1, 0.15) is 17.3 Å². The van der Waals surface area contributed by atoms with Gasteiger partial charge in [0.05, 0.1) is 17.4 Å². The van der Waals surface area contributed by atoms with Gasteiger partial charge in [-0.1, -0.05) is 12.1 Å². The summed E-state index contributed by atoms with van der Waals surface area (Å²) in [7, 11) is 0. The number of carbonyl (C=O) groups excluding carboxylic acids is 2. The Hall–Kier alpha value is -2.94. The Bertz CT molecular complexity index is 717. The molecule has 0 fully saturated rings. The predicted octanol–water partition coefficient (Wildman–Crippen LogP) is 2.39. The molecular weight excluding hydrogens is 320 g/mol. The first-order chi connectivity index (χ1) is 11.0. The van der Waals surface area contributed by atoms with Crippen LogP contribution in [0.4, 0.5) is 16.2 Å². The van der Waals surface area contributed by atoms with Gasteiger partial charge in [-0.25, -0.2) is 4.79 Å². The van der Waals surface area contributed by atoms with Crippen LogP contribution >= 0.6 is 11.3 Å². The van der Waals surface area contributed by atoms with Crippen LogP contribution in [0.3, 0.4) is 0 Å². The molecule has 0 radical (unpaired) electrons. The normalized spacial score (nSPS) is 11.5. The van der Waals surface area contributed by atoms with E-state index >= 15 is 0 Å². The minimum absolute atomic E-state index is 0.0356. The summed E-state index contributed by atoms with van der Waals surface area (Å²) in [5.74, 6) is -0.391. The number of hydrogen-bond acceptors (Lipinski definition) is 5. The molecule has 1 heterocycles. The highest BCUT2D eigenvalue weighted by Gasteiger charge is 2.19. The van der Waals surface area contributed by atoms with E-state index in [1.165, 1.54) is 29.5 Å². The summed E-state index contributed by atoms with van der Waals surface area (Å²) in [6.45, 7) is 0. The standard InChI is InChI=1S/C14H14N4O4S/c15-14(20)17-11(12-5-2-6-23-12)8-13(19)16-9-3-1-4-10(7-9)18(21)22/h1-7,11H,8H2,(H,16,19)(H3,15,17,20). The average molecular weight is 334 g/mol. The van der Waals surface area contributed by atoms with Gasteiger partial charge >= 0.3 is 6.03 Å². The second kappa shape index (κ2) is 7.36. The van der Waals surface area contributed by atoms with Crippen LogP contribution in [0, 0.1) is 10.1 Å². The zero-order valence-electron chi connectivity index (χ0n) is 11.9.